The van der Waals surface area contributed by atoms with Crippen LogP contribution in [0, 0.1) is 19.9 Å². The molecule has 0 saturated heterocycles. The first-order valence-electron chi connectivity index (χ1n) is 10.6. The second-order valence-corrected chi connectivity index (χ2v) is 9.14. The third kappa shape index (κ3) is 3.68. The van der Waals surface area contributed by atoms with Gasteiger partial charge in [-0.05, 0) is 78.6 Å². The third-order valence-electron chi connectivity index (χ3n) is 6.26. The minimum atomic E-state index is -0.454. The van der Waals surface area contributed by atoms with Gasteiger partial charge in [-0.3, -0.25) is 4.79 Å². The number of fused-ring (bicyclic) bond motifs is 3. The Hall–Kier alpha value is -3.27. The minimum absolute atomic E-state index is 0.454. The fourth-order valence-electron chi connectivity index (χ4n) is 4.57. The van der Waals surface area contributed by atoms with E-state index in [1.165, 1.54) is 16.7 Å². The lowest BCUT2D eigenvalue weighted by molar-refractivity contribution is 0.100. The van der Waals surface area contributed by atoms with Gasteiger partial charge in [0.1, 0.15) is 0 Å². The summed E-state index contributed by atoms with van der Waals surface area (Å²) in [6.07, 6.45) is 0. The van der Waals surface area contributed by atoms with Crippen LogP contribution in [0.4, 0.5) is 0 Å². The molecule has 0 saturated carbocycles. The SMILES string of the molecule is Cc1cccc(C)c1Cn1c2cc(-c3ccc(Cl)cc3Cl)c[c]c2c2c(C(N)=O)cccc21. The average molecular weight is 472 g/mol. The van der Waals surface area contributed by atoms with Crippen molar-refractivity contribution in [2.45, 2.75) is 20.4 Å². The van der Waals surface area contributed by atoms with E-state index in [9.17, 15) is 4.79 Å². The predicted octanol–water partition coefficient (Wildman–Crippen LogP) is 7.33. The molecule has 0 spiro atoms. The van der Waals surface area contributed by atoms with Crippen LogP contribution in [0.2, 0.25) is 10.0 Å². The zero-order chi connectivity index (χ0) is 23.3. The van der Waals surface area contributed by atoms with Crippen LogP contribution in [0.25, 0.3) is 32.9 Å². The number of benzene rings is 4. The van der Waals surface area contributed by atoms with E-state index in [1.807, 2.05) is 30.3 Å². The number of aryl methyl sites for hydroxylation is 2. The predicted molar refractivity (Wildman–Crippen MR) is 137 cm³/mol. The Balaban J connectivity index is 1.83. The number of hydrogen-bond donors (Lipinski definition) is 1. The van der Waals surface area contributed by atoms with Crippen LogP contribution in [0.1, 0.15) is 27.0 Å². The van der Waals surface area contributed by atoms with Gasteiger partial charge >= 0.3 is 0 Å². The minimum Gasteiger partial charge on any atom is -0.366 e. The van der Waals surface area contributed by atoms with E-state index < -0.39 is 5.91 Å². The van der Waals surface area contributed by atoms with E-state index in [0.29, 0.717) is 22.2 Å². The maximum absolute atomic E-state index is 12.3. The summed E-state index contributed by atoms with van der Waals surface area (Å²) in [5.41, 5.74) is 13.6. The Morgan fingerprint density at radius 3 is 2.39 bits per heavy atom. The molecule has 0 bridgehead atoms. The Morgan fingerprint density at radius 2 is 1.70 bits per heavy atom. The van der Waals surface area contributed by atoms with Crippen LogP contribution < -0.4 is 5.73 Å². The molecule has 2 N–H and O–H groups in total. The first-order valence-corrected chi connectivity index (χ1v) is 11.4. The third-order valence-corrected chi connectivity index (χ3v) is 6.81. The van der Waals surface area contributed by atoms with Crippen molar-refractivity contribution in [3.63, 3.8) is 0 Å². The lowest BCUT2D eigenvalue weighted by Crippen LogP contribution is -2.11. The van der Waals surface area contributed by atoms with Crippen LogP contribution in [0.3, 0.4) is 0 Å². The molecule has 1 heterocycles. The largest absolute Gasteiger partial charge is 0.366 e. The molecule has 4 aromatic carbocycles. The summed E-state index contributed by atoms with van der Waals surface area (Å²) in [5, 5.41) is 2.84. The van der Waals surface area contributed by atoms with Crippen LogP contribution in [-0.4, -0.2) is 10.5 Å². The smallest absolute Gasteiger partial charge is 0.249 e. The fraction of sp³-hybridized carbons (Fsp3) is 0.107. The zero-order valence-electron chi connectivity index (χ0n) is 18.2. The van der Waals surface area contributed by atoms with Gasteiger partial charge in [-0.15, -0.1) is 0 Å². The number of amides is 1. The summed E-state index contributed by atoms with van der Waals surface area (Å²) in [5.74, 6) is -0.454. The van der Waals surface area contributed by atoms with Crippen molar-refractivity contribution in [3.8, 4) is 11.1 Å². The maximum Gasteiger partial charge on any atom is 0.249 e. The molecule has 0 aliphatic carbocycles. The molecule has 0 atom stereocenters. The molecule has 0 aliphatic heterocycles. The van der Waals surface area contributed by atoms with Crippen molar-refractivity contribution >= 4 is 50.9 Å². The maximum atomic E-state index is 12.3. The van der Waals surface area contributed by atoms with E-state index in [0.717, 1.165) is 32.9 Å². The standard InChI is InChI=1S/C28H21Cl2N2O/c1-16-5-3-6-17(2)23(16)15-32-25-8-4-7-22(28(31)33)27(25)21-11-9-18(13-26(21)32)20-12-10-19(29)14-24(20)30/h3-10,12-14H,15H2,1-2H3,(H2,31,33). The van der Waals surface area contributed by atoms with Gasteiger partial charge in [0.25, 0.3) is 0 Å². The molecule has 0 aliphatic rings. The Kier molecular flexibility index (Phi) is 5.40. The number of carbonyl (C=O) groups is 1. The van der Waals surface area contributed by atoms with Crippen molar-refractivity contribution in [3.05, 3.63) is 105 Å². The summed E-state index contributed by atoms with van der Waals surface area (Å²) in [6, 6.07) is 24.9. The van der Waals surface area contributed by atoms with Crippen LogP contribution in [0.15, 0.2) is 66.7 Å². The summed E-state index contributed by atoms with van der Waals surface area (Å²) in [7, 11) is 0. The lowest BCUT2D eigenvalue weighted by atomic mass is 10.0. The van der Waals surface area contributed by atoms with Gasteiger partial charge in [0.15, 0.2) is 0 Å². The van der Waals surface area contributed by atoms with Gasteiger partial charge in [0, 0.05) is 38.5 Å². The van der Waals surface area contributed by atoms with Gasteiger partial charge in [-0.1, -0.05) is 53.5 Å². The number of rotatable bonds is 4. The molecular weight excluding hydrogens is 451 g/mol. The molecule has 5 aromatic rings. The van der Waals surface area contributed by atoms with Crippen LogP contribution in [0.5, 0.6) is 0 Å². The summed E-state index contributed by atoms with van der Waals surface area (Å²) in [4.78, 5) is 12.3. The molecule has 0 unspecified atom stereocenters. The van der Waals surface area contributed by atoms with E-state index in [1.54, 1.807) is 12.1 Å². The first kappa shape index (κ1) is 21.6. The van der Waals surface area contributed by atoms with Crippen LogP contribution in [-0.2, 0) is 6.54 Å². The molecule has 5 rings (SSSR count). The molecule has 3 nitrogen and oxygen atoms in total. The number of carbonyl (C=O) groups excluding carboxylic acids is 1. The normalized spacial score (nSPS) is 11.4. The fourth-order valence-corrected chi connectivity index (χ4v) is 5.08. The van der Waals surface area contributed by atoms with Crippen molar-refractivity contribution in [1.29, 1.82) is 0 Å². The first-order chi connectivity index (χ1) is 15.8. The lowest BCUT2D eigenvalue weighted by Gasteiger charge is -2.14. The Labute approximate surface area is 202 Å². The van der Waals surface area contributed by atoms with E-state index in [4.69, 9.17) is 28.9 Å². The molecule has 1 aromatic heterocycles. The monoisotopic (exact) mass is 471 g/mol. The molecule has 5 heteroatoms. The zero-order valence-corrected chi connectivity index (χ0v) is 19.8. The number of nitrogens with zero attached hydrogens (tertiary/aromatic N) is 1. The number of aromatic nitrogens is 1. The Morgan fingerprint density at radius 1 is 0.970 bits per heavy atom. The van der Waals surface area contributed by atoms with Crippen molar-refractivity contribution in [2.24, 2.45) is 5.73 Å². The number of hydrogen-bond acceptors (Lipinski definition) is 1. The second-order valence-electron chi connectivity index (χ2n) is 8.29. The highest BCUT2D eigenvalue weighted by Gasteiger charge is 2.19. The van der Waals surface area contributed by atoms with Crippen molar-refractivity contribution in [1.82, 2.24) is 4.57 Å². The van der Waals surface area contributed by atoms with Crippen LogP contribution >= 0.6 is 23.2 Å². The van der Waals surface area contributed by atoms with E-state index >= 15 is 0 Å². The second kappa shape index (κ2) is 8.26. The Bertz CT molecular complexity index is 1550. The average Bonchev–Trinajstić information content (AvgIpc) is 3.09. The van der Waals surface area contributed by atoms with Gasteiger partial charge < -0.3 is 10.3 Å². The molecule has 1 amide bonds. The summed E-state index contributed by atoms with van der Waals surface area (Å²) in [6.45, 7) is 4.90. The van der Waals surface area contributed by atoms with E-state index in [2.05, 4.69) is 48.7 Å². The molecule has 163 valence electrons. The van der Waals surface area contributed by atoms with Crippen molar-refractivity contribution < 1.29 is 4.79 Å². The molecule has 1 radical (unpaired) electrons. The van der Waals surface area contributed by atoms with Gasteiger partial charge in [0.05, 0.1) is 11.0 Å². The quantitative estimate of drug-likeness (QED) is 0.292. The van der Waals surface area contributed by atoms with Gasteiger partial charge in [0.2, 0.25) is 5.91 Å². The van der Waals surface area contributed by atoms with E-state index in [-0.39, 0.29) is 0 Å². The number of halogens is 2. The summed E-state index contributed by atoms with van der Waals surface area (Å²) < 4.78 is 2.23. The summed E-state index contributed by atoms with van der Waals surface area (Å²) >= 11 is 12.6. The topological polar surface area (TPSA) is 48.0 Å². The van der Waals surface area contributed by atoms with Gasteiger partial charge in [-0.25, -0.2) is 0 Å². The van der Waals surface area contributed by atoms with Crippen molar-refractivity contribution in [2.75, 3.05) is 0 Å². The number of nitrogens with two attached hydrogens (primary N) is 1. The number of primary amides is 1. The molecule has 0 fully saturated rings. The highest BCUT2D eigenvalue weighted by molar-refractivity contribution is 6.36. The highest BCUT2D eigenvalue weighted by atomic mass is 35.5. The molecule has 33 heavy (non-hydrogen) atoms. The van der Waals surface area contributed by atoms with Gasteiger partial charge in [-0.2, -0.15) is 0 Å². The molecular formula is C28H21Cl2N2O. The highest BCUT2D eigenvalue weighted by Crippen LogP contribution is 2.37.